The molecule has 0 radical (unpaired) electrons. The van der Waals surface area contributed by atoms with Crippen LogP contribution in [0.15, 0.2) is 24.7 Å². The number of rotatable bonds is 4. The van der Waals surface area contributed by atoms with E-state index in [0.29, 0.717) is 16.4 Å². The van der Waals surface area contributed by atoms with Crippen LogP contribution in [0.4, 0.5) is 0 Å². The highest BCUT2D eigenvalue weighted by molar-refractivity contribution is 6.34. The lowest BCUT2D eigenvalue weighted by atomic mass is 10.1. The second-order valence-electron chi connectivity index (χ2n) is 4.38. The number of nitrogens with zero attached hydrogens (tertiary/aromatic N) is 4. The number of aliphatic hydroxyl groups excluding tert-OH is 2. The molecular weight excluding hydrogens is 282 g/mol. The molecule has 3 rings (SSSR count). The first-order valence-corrected chi connectivity index (χ1v) is 6.38. The molecule has 20 heavy (non-hydrogen) atoms. The molecule has 0 fully saturated rings. The highest BCUT2D eigenvalue weighted by atomic mass is 35.5. The highest BCUT2D eigenvalue weighted by Gasteiger charge is 2.14. The number of hydrogen-bond donors (Lipinski definition) is 3. The zero-order valence-corrected chi connectivity index (χ0v) is 11.1. The van der Waals surface area contributed by atoms with Gasteiger partial charge in [0.05, 0.1) is 30.5 Å². The van der Waals surface area contributed by atoms with Crippen LogP contribution in [0.3, 0.4) is 0 Å². The third-order valence-electron chi connectivity index (χ3n) is 2.94. The van der Waals surface area contributed by atoms with Crippen molar-refractivity contribution in [1.82, 2.24) is 25.0 Å². The Morgan fingerprint density at radius 2 is 2.30 bits per heavy atom. The van der Waals surface area contributed by atoms with Gasteiger partial charge in [0.15, 0.2) is 0 Å². The SMILES string of the molecule is OC[C@H](O)Cn1cc(-c2c(Cl)cnc3[nH]ccc23)nn1. The molecule has 0 aromatic carbocycles. The van der Waals surface area contributed by atoms with Crippen LogP contribution in [0.25, 0.3) is 22.3 Å². The van der Waals surface area contributed by atoms with Crippen molar-refractivity contribution in [3.05, 3.63) is 29.7 Å². The normalized spacial score (nSPS) is 12.9. The zero-order valence-electron chi connectivity index (χ0n) is 10.4. The molecule has 3 aromatic rings. The number of pyridine rings is 1. The Balaban J connectivity index is 2.03. The van der Waals surface area contributed by atoms with E-state index in [1.165, 1.54) is 4.68 Å². The van der Waals surface area contributed by atoms with Crippen molar-refractivity contribution in [2.75, 3.05) is 6.61 Å². The van der Waals surface area contributed by atoms with Gasteiger partial charge in [-0.05, 0) is 6.07 Å². The van der Waals surface area contributed by atoms with Gasteiger partial charge in [0.1, 0.15) is 11.3 Å². The van der Waals surface area contributed by atoms with E-state index in [0.717, 1.165) is 10.9 Å². The molecule has 0 saturated carbocycles. The van der Waals surface area contributed by atoms with Crippen molar-refractivity contribution in [3.63, 3.8) is 0 Å². The van der Waals surface area contributed by atoms with E-state index in [9.17, 15) is 5.11 Å². The Morgan fingerprint density at radius 1 is 1.45 bits per heavy atom. The molecule has 8 heteroatoms. The lowest BCUT2D eigenvalue weighted by molar-refractivity contribution is 0.0778. The van der Waals surface area contributed by atoms with E-state index in [4.69, 9.17) is 16.7 Å². The molecule has 0 aliphatic heterocycles. The van der Waals surface area contributed by atoms with Crippen molar-refractivity contribution < 1.29 is 10.2 Å². The van der Waals surface area contributed by atoms with E-state index in [1.54, 1.807) is 18.6 Å². The second-order valence-corrected chi connectivity index (χ2v) is 4.79. The van der Waals surface area contributed by atoms with Crippen molar-refractivity contribution >= 4 is 22.6 Å². The fourth-order valence-corrected chi connectivity index (χ4v) is 2.27. The number of H-pyrrole nitrogens is 1. The van der Waals surface area contributed by atoms with Gasteiger partial charge in [-0.15, -0.1) is 5.10 Å². The minimum Gasteiger partial charge on any atom is -0.394 e. The Kier molecular flexibility index (Phi) is 3.39. The van der Waals surface area contributed by atoms with Crippen LogP contribution in [0.1, 0.15) is 0 Å². The molecule has 7 nitrogen and oxygen atoms in total. The smallest absolute Gasteiger partial charge is 0.138 e. The van der Waals surface area contributed by atoms with Gasteiger partial charge in [-0.2, -0.15) is 0 Å². The fourth-order valence-electron chi connectivity index (χ4n) is 2.02. The fraction of sp³-hybridized carbons (Fsp3) is 0.250. The Labute approximate surface area is 118 Å². The maximum absolute atomic E-state index is 9.40. The van der Waals surface area contributed by atoms with E-state index in [2.05, 4.69) is 20.3 Å². The molecule has 0 aliphatic carbocycles. The van der Waals surface area contributed by atoms with Gasteiger partial charge in [0, 0.05) is 23.3 Å². The Morgan fingerprint density at radius 3 is 3.10 bits per heavy atom. The molecule has 0 amide bonds. The van der Waals surface area contributed by atoms with Gasteiger partial charge in [-0.1, -0.05) is 16.8 Å². The molecule has 104 valence electrons. The van der Waals surface area contributed by atoms with Crippen LogP contribution in [0.5, 0.6) is 0 Å². The molecule has 3 N–H and O–H groups in total. The summed E-state index contributed by atoms with van der Waals surface area (Å²) in [4.78, 5) is 7.19. The van der Waals surface area contributed by atoms with Gasteiger partial charge in [-0.3, -0.25) is 0 Å². The summed E-state index contributed by atoms with van der Waals surface area (Å²) in [5, 5.41) is 27.5. The Hall–Kier alpha value is -1.96. The van der Waals surface area contributed by atoms with Crippen molar-refractivity contribution in [3.8, 4) is 11.3 Å². The maximum Gasteiger partial charge on any atom is 0.138 e. The van der Waals surface area contributed by atoms with Crippen molar-refractivity contribution in [2.45, 2.75) is 12.6 Å². The predicted molar refractivity (Wildman–Crippen MR) is 73.2 cm³/mol. The summed E-state index contributed by atoms with van der Waals surface area (Å²) in [6, 6.07) is 1.87. The van der Waals surface area contributed by atoms with Crippen LogP contribution in [-0.2, 0) is 6.54 Å². The van der Waals surface area contributed by atoms with Gasteiger partial charge < -0.3 is 15.2 Å². The lowest BCUT2D eigenvalue weighted by Crippen LogP contribution is -2.20. The van der Waals surface area contributed by atoms with Crippen LogP contribution in [-0.4, -0.2) is 47.9 Å². The summed E-state index contributed by atoms with van der Waals surface area (Å²) in [5.74, 6) is 0. The first-order valence-electron chi connectivity index (χ1n) is 6.00. The summed E-state index contributed by atoms with van der Waals surface area (Å²) in [7, 11) is 0. The average molecular weight is 294 g/mol. The maximum atomic E-state index is 9.40. The molecule has 0 saturated heterocycles. The topological polar surface area (TPSA) is 99.8 Å². The second kappa shape index (κ2) is 5.20. The van der Waals surface area contributed by atoms with Gasteiger partial charge in [0.25, 0.3) is 0 Å². The van der Waals surface area contributed by atoms with E-state index in [1.807, 2.05) is 6.07 Å². The summed E-state index contributed by atoms with van der Waals surface area (Å²) in [5.41, 5.74) is 2.05. The van der Waals surface area contributed by atoms with Crippen molar-refractivity contribution in [2.24, 2.45) is 0 Å². The first kappa shape index (κ1) is 13.0. The number of aromatic amines is 1. The minimum absolute atomic E-state index is 0.169. The van der Waals surface area contributed by atoms with E-state index in [-0.39, 0.29) is 13.2 Å². The third kappa shape index (κ3) is 2.26. The lowest BCUT2D eigenvalue weighted by Gasteiger charge is -2.05. The summed E-state index contributed by atoms with van der Waals surface area (Å²) in [6.07, 6.45) is 4.13. The first-order chi connectivity index (χ1) is 9.69. The highest BCUT2D eigenvalue weighted by Crippen LogP contribution is 2.32. The molecule has 3 aromatic heterocycles. The van der Waals surface area contributed by atoms with Crippen LogP contribution in [0, 0.1) is 0 Å². The summed E-state index contributed by atoms with van der Waals surface area (Å²) >= 11 is 6.19. The molecule has 0 bridgehead atoms. The number of aromatic nitrogens is 5. The number of hydrogen-bond acceptors (Lipinski definition) is 5. The van der Waals surface area contributed by atoms with E-state index >= 15 is 0 Å². The molecule has 1 atom stereocenters. The number of aliphatic hydroxyl groups is 2. The van der Waals surface area contributed by atoms with Crippen LogP contribution >= 0.6 is 11.6 Å². The standard InChI is InChI=1S/C12H12ClN5O2/c13-9-3-15-12-8(1-2-14-12)11(9)10-5-18(17-16-10)4-7(20)6-19/h1-3,5,7,19-20H,4,6H2,(H,14,15)/t7-/m1/s1. The summed E-state index contributed by atoms with van der Waals surface area (Å²) in [6.45, 7) is -0.157. The molecule has 0 spiro atoms. The van der Waals surface area contributed by atoms with E-state index < -0.39 is 6.10 Å². The molecule has 0 aliphatic rings. The molecular formula is C12H12ClN5O2. The minimum atomic E-state index is -0.871. The number of nitrogens with one attached hydrogen (secondary N) is 1. The quantitative estimate of drug-likeness (QED) is 0.661. The Bertz CT molecular complexity index is 738. The summed E-state index contributed by atoms with van der Waals surface area (Å²) < 4.78 is 1.46. The van der Waals surface area contributed by atoms with Crippen molar-refractivity contribution in [1.29, 1.82) is 0 Å². The van der Waals surface area contributed by atoms with Gasteiger partial charge in [-0.25, -0.2) is 9.67 Å². The predicted octanol–water partition coefficient (Wildman–Crippen LogP) is 0.828. The number of halogens is 1. The monoisotopic (exact) mass is 293 g/mol. The third-order valence-corrected chi connectivity index (χ3v) is 3.23. The zero-order chi connectivity index (χ0) is 14.1. The van der Waals surface area contributed by atoms with Gasteiger partial charge in [0.2, 0.25) is 0 Å². The van der Waals surface area contributed by atoms with Gasteiger partial charge >= 0.3 is 0 Å². The van der Waals surface area contributed by atoms with Crippen LogP contribution in [0.2, 0.25) is 5.02 Å². The largest absolute Gasteiger partial charge is 0.394 e. The molecule has 0 unspecified atom stereocenters. The van der Waals surface area contributed by atoms with Crippen LogP contribution < -0.4 is 0 Å². The molecule has 3 heterocycles. The average Bonchev–Trinajstić information content (AvgIpc) is 3.07. The number of fused-ring (bicyclic) bond motifs is 1.